The van der Waals surface area contributed by atoms with Crippen LogP contribution in [0.1, 0.15) is 24.2 Å². The van der Waals surface area contributed by atoms with Gasteiger partial charge in [-0.25, -0.2) is 4.79 Å². The minimum absolute atomic E-state index is 0.323. The Labute approximate surface area is 113 Å². The van der Waals surface area contributed by atoms with Crippen molar-refractivity contribution < 1.29 is 19.4 Å². The first-order valence-electron chi connectivity index (χ1n) is 5.17. The summed E-state index contributed by atoms with van der Waals surface area (Å²) in [5.74, 6) is -1.06. The molecule has 0 saturated carbocycles. The number of ether oxygens (including phenoxy) is 1. The van der Waals surface area contributed by atoms with Crippen LogP contribution in [0.3, 0.4) is 0 Å². The van der Waals surface area contributed by atoms with Crippen LogP contribution in [0.2, 0.25) is 0 Å². The van der Waals surface area contributed by atoms with Crippen molar-refractivity contribution in [3.8, 4) is 5.75 Å². The van der Waals surface area contributed by atoms with Crippen molar-refractivity contribution in [2.24, 2.45) is 0 Å². The maximum Gasteiger partial charge on any atom is 0.328 e. The molecule has 0 aliphatic heterocycles. The number of methoxy groups -OCH3 is 1. The molecule has 6 heteroatoms. The van der Waals surface area contributed by atoms with Gasteiger partial charge in [0.15, 0.2) is 0 Å². The van der Waals surface area contributed by atoms with E-state index in [1.165, 1.54) is 27.0 Å². The summed E-state index contributed by atoms with van der Waals surface area (Å²) in [4.78, 5) is 22.9. The highest BCUT2D eigenvalue weighted by molar-refractivity contribution is 9.10. The van der Waals surface area contributed by atoms with Crippen LogP contribution in [0.4, 0.5) is 0 Å². The minimum atomic E-state index is -1.33. The smallest absolute Gasteiger partial charge is 0.328 e. The zero-order valence-corrected chi connectivity index (χ0v) is 11.9. The van der Waals surface area contributed by atoms with E-state index in [0.717, 1.165) is 0 Å². The average Bonchev–Trinajstić information content (AvgIpc) is 2.28. The Kier molecular flexibility index (Phi) is 4.34. The molecular formula is C12H14BrNO4. The first-order valence-corrected chi connectivity index (χ1v) is 5.96. The van der Waals surface area contributed by atoms with Crippen LogP contribution in [0.15, 0.2) is 22.7 Å². The quantitative estimate of drug-likeness (QED) is 0.891. The highest BCUT2D eigenvalue weighted by Gasteiger charge is 2.29. The lowest BCUT2D eigenvalue weighted by Crippen LogP contribution is -2.49. The molecule has 0 aliphatic rings. The van der Waals surface area contributed by atoms with Gasteiger partial charge in [0.25, 0.3) is 5.91 Å². The molecule has 98 valence electrons. The van der Waals surface area contributed by atoms with Gasteiger partial charge in [-0.05, 0) is 48.0 Å². The fraction of sp³-hybridized carbons (Fsp3) is 0.333. The second-order valence-electron chi connectivity index (χ2n) is 4.23. The summed E-state index contributed by atoms with van der Waals surface area (Å²) in [5, 5.41) is 11.4. The molecule has 0 aliphatic carbocycles. The van der Waals surface area contributed by atoms with E-state index in [9.17, 15) is 9.59 Å². The molecular weight excluding hydrogens is 302 g/mol. The second kappa shape index (κ2) is 5.39. The largest absolute Gasteiger partial charge is 0.497 e. The molecule has 0 bridgehead atoms. The summed E-state index contributed by atoms with van der Waals surface area (Å²) in [6.07, 6.45) is 0. The molecule has 1 amide bonds. The number of benzene rings is 1. The Morgan fingerprint density at radius 2 is 2.00 bits per heavy atom. The number of carboxylic acids is 1. The summed E-state index contributed by atoms with van der Waals surface area (Å²) in [7, 11) is 1.49. The van der Waals surface area contributed by atoms with E-state index >= 15 is 0 Å². The molecule has 1 aromatic carbocycles. The van der Waals surface area contributed by atoms with Gasteiger partial charge in [-0.15, -0.1) is 0 Å². The maximum absolute atomic E-state index is 12.0. The molecule has 1 rings (SSSR count). The summed E-state index contributed by atoms with van der Waals surface area (Å²) >= 11 is 3.24. The molecule has 0 unspecified atom stereocenters. The van der Waals surface area contributed by atoms with E-state index in [0.29, 0.717) is 15.8 Å². The number of carbonyl (C=O) groups excluding carboxylic acids is 1. The van der Waals surface area contributed by atoms with Gasteiger partial charge in [-0.2, -0.15) is 0 Å². The maximum atomic E-state index is 12.0. The topological polar surface area (TPSA) is 75.6 Å². The van der Waals surface area contributed by atoms with Gasteiger partial charge in [-0.1, -0.05) is 0 Å². The second-order valence-corrected chi connectivity index (χ2v) is 5.08. The average molecular weight is 316 g/mol. The highest BCUT2D eigenvalue weighted by atomic mass is 79.9. The van der Waals surface area contributed by atoms with E-state index in [2.05, 4.69) is 21.2 Å². The number of amides is 1. The Morgan fingerprint density at radius 3 is 2.50 bits per heavy atom. The number of halogens is 1. The van der Waals surface area contributed by atoms with Gasteiger partial charge in [0, 0.05) is 4.47 Å². The lowest BCUT2D eigenvalue weighted by molar-refractivity contribution is -0.143. The van der Waals surface area contributed by atoms with Gasteiger partial charge >= 0.3 is 5.97 Å². The molecule has 2 N–H and O–H groups in total. The Hall–Kier alpha value is -1.56. The number of carboxylic acid groups (broad SMARTS) is 1. The van der Waals surface area contributed by atoms with Crippen LogP contribution in [0.5, 0.6) is 5.75 Å². The number of hydrogen-bond acceptors (Lipinski definition) is 3. The zero-order valence-electron chi connectivity index (χ0n) is 10.3. The molecule has 0 fully saturated rings. The van der Waals surface area contributed by atoms with Crippen LogP contribution in [0, 0.1) is 0 Å². The summed E-state index contributed by atoms with van der Waals surface area (Å²) < 4.78 is 5.59. The van der Waals surface area contributed by atoms with Crippen LogP contribution in [-0.4, -0.2) is 29.6 Å². The van der Waals surface area contributed by atoms with Crippen LogP contribution < -0.4 is 10.1 Å². The van der Waals surface area contributed by atoms with Crippen LogP contribution in [-0.2, 0) is 4.79 Å². The Morgan fingerprint density at radius 1 is 1.39 bits per heavy atom. The summed E-state index contributed by atoms with van der Waals surface area (Å²) in [5.41, 5.74) is -1.01. The first-order chi connectivity index (χ1) is 8.27. The number of carbonyl (C=O) groups is 2. The summed E-state index contributed by atoms with van der Waals surface area (Å²) in [6, 6.07) is 4.90. The molecule has 0 atom stereocenters. The number of aliphatic carboxylic acids is 1. The third kappa shape index (κ3) is 3.22. The lowest BCUT2D eigenvalue weighted by Gasteiger charge is -2.21. The van der Waals surface area contributed by atoms with Gasteiger partial charge in [0.2, 0.25) is 0 Å². The van der Waals surface area contributed by atoms with Gasteiger partial charge in [0.1, 0.15) is 11.3 Å². The highest BCUT2D eigenvalue weighted by Crippen LogP contribution is 2.23. The van der Waals surface area contributed by atoms with Crippen molar-refractivity contribution in [3.05, 3.63) is 28.2 Å². The van der Waals surface area contributed by atoms with Crippen LogP contribution >= 0.6 is 15.9 Å². The third-order valence-corrected chi connectivity index (χ3v) is 3.07. The molecule has 0 aromatic heterocycles. The summed E-state index contributed by atoms with van der Waals surface area (Å²) in [6.45, 7) is 2.84. The Bertz CT molecular complexity index is 485. The molecule has 0 radical (unpaired) electrons. The van der Waals surface area contributed by atoms with Crippen molar-refractivity contribution in [2.75, 3.05) is 7.11 Å². The Balaban J connectivity index is 3.01. The zero-order chi connectivity index (χ0) is 13.9. The van der Waals surface area contributed by atoms with E-state index < -0.39 is 17.4 Å². The van der Waals surface area contributed by atoms with Gasteiger partial charge in [0.05, 0.1) is 12.7 Å². The number of hydrogen-bond donors (Lipinski definition) is 2. The van der Waals surface area contributed by atoms with Crippen molar-refractivity contribution >= 4 is 27.8 Å². The third-order valence-electron chi connectivity index (χ3n) is 2.38. The number of rotatable bonds is 4. The normalized spacial score (nSPS) is 10.9. The lowest BCUT2D eigenvalue weighted by atomic mass is 10.1. The van der Waals surface area contributed by atoms with E-state index in [4.69, 9.17) is 9.84 Å². The van der Waals surface area contributed by atoms with Crippen LogP contribution in [0.25, 0.3) is 0 Å². The number of nitrogens with one attached hydrogen (secondary N) is 1. The molecule has 1 aromatic rings. The van der Waals surface area contributed by atoms with Crippen molar-refractivity contribution in [1.29, 1.82) is 0 Å². The molecule has 5 nitrogen and oxygen atoms in total. The molecule has 0 saturated heterocycles. The fourth-order valence-electron chi connectivity index (χ4n) is 1.21. The van der Waals surface area contributed by atoms with Crippen molar-refractivity contribution in [2.45, 2.75) is 19.4 Å². The monoisotopic (exact) mass is 315 g/mol. The van der Waals surface area contributed by atoms with Gasteiger partial charge < -0.3 is 15.2 Å². The van der Waals surface area contributed by atoms with Crippen molar-refractivity contribution in [3.63, 3.8) is 0 Å². The molecule has 0 heterocycles. The molecule has 18 heavy (non-hydrogen) atoms. The van der Waals surface area contributed by atoms with E-state index in [-0.39, 0.29) is 0 Å². The van der Waals surface area contributed by atoms with E-state index in [1.807, 2.05) is 0 Å². The van der Waals surface area contributed by atoms with E-state index in [1.54, 1.807) is 12.1 Å². The predicted octanol–water partition coefficient (Wildman–Crippen LogP) is 2.05. The predicted molar refractivity (Wildman–Crippen MR) is 69.9 cm³/mol. The standard InChI is InChI=1S/C12H14BrNO4/c1-12(2,11(16)17)14-10(15)8-6-7(18-3)4-5-9(8)13/h4-6H,1-3H3,(H,14,15)(H,16,17). The fourth-order valence-corrected chi connectivity index (χ4v) is 1.64. The first kappa shape index (κ1) is 14.5. The molecule has 0 spiro atoms. The van der Waals surface area contributed by atoms with Crippen molar-refractivity contribution in [1.82, 2.24) is 5.32 Å². The van der Waals surface area contributed by atoms with Gasteiger partial charge in [-0.3, -0.25) is 4.79 Å². The minimum Gasteiger partial charge on any atom is -0.497 e. The SMILES string of the molecule is COc1ccc(Br)c(C(=O)NC(C)(C)C(=O)O)c1.